The Morgan fingerprint density at radius 2 is 2.31 bits per heavy atom. The first-order chi connectivity index (χ1) is 6.20. The van der Waals surface area contributed by atoms with Gasteiger partial charge in [-0.3, -0.25) is 9.59 Å². The highest BCUT2D eigenvalue weighted by Crippen LogP contribution is 2.17. The molecule has 72 valence electrons. The van der Waals surface area contributed by atoms with Crippen LogP contribution >= 0.6 is 0 Å². The third-order valence-electron chi connectivity index (χ3n) is 2.26. The number of rotatable bonds is 2. The molecule has 1 aliphatic heterocycles. The van der Waals surface area contributed by atoms with Gasteiger partial charge in [0.15, 0.2) is 0 Å². The average Bonchev–Trinajstić information content (AvgIpc) is 2.63. The maximum absolute atomic E-state index is 11.3. The molecule has 0 aliphatic carbocycles. The van der Waals surface area contributed by atoms with Gasteiger partial charge in [-0.15, -0.1) is 0 Å². The van der Waals surface area contributed by atoms with Crippen molar-refractivity contribution in [3.05, 3.63) is 12.7 Å². The first kappa shape index (κ1) is 9.77. The Morgan fingerprint density at radius 1 is 1.62 bits per heavy atom. The van der Waals surface area contributed by atoms with E-state index < -0.39 is 0 Å². The Labute approximate surface area is 77.6 Å². The molecule has 0 aromatic heterocycles. The number of nitrogens with zero attached hydrogens (tertiary/aromatic N) is 1. The normalized spacial score (nSPS) is 21.3. The van der Waals surface area contributed by atoms with Crippen LogP contribution in [0.1, 0.15) is 12.8 Å². The van der Waals surface area contributed by atoms with Crippen molar-refractivity contribution in [1.82, 2.24) is 10.2 Å². The second-order valence-corrected chi connectivity index (χ2v) is 3.01. The number of likely N-dealkylation sites (tertiary alicyclic amines) is 1. The van der Waals surface area contributed by atoms with Crippen molar-refractivity contribution in [1.29, 1.82) is 0 Å². The zero-order chi connectivity index (χ0) is 9.84. The van der Waals surface area contributed by atoms with Crippen molar-refractivity contribution in [2.45, 2.75) is 18.9 Å². The molecule has 0 saturated carbocycles. The maximum Gasteiger partial charge on any atom is 0.246 e. The summed E-state index contributed by atoms with van der Waals surface area (Å²) in [7, 11) is 1.58. The summed E-state index contributed by atoms with van der Waals surface area (Å²) in [6, 6.07) is -0.296. The molecule has 0 radical (unpaired) electrons. The van der Waals surface area contributed by atoms with Gasteiger partial charge >= 0.3 is 0 Å². The molecule has 1 saturated heterocycles. The van der Waals surface area contributed by atoms with Gasteiger partial charge in [0, 0.05) is 13.6 Å². The molecule has 1 atom stereocenters. The summed E-state index contributed by atoms with van der Waals surface area (Å²) in [5, 5.41) is 2.55. The van der Waals surface area contributed by atoms with Gasteiger partial charge in [-0.1, -0.05) is 6.58 Å². The van der Waals surface area contributed by atoms with Crippen molar-refractivity contribution in [3.63, 3.8) is 0 Å². The third kappa shape index (κ3) is 1.88. The zero-order valence-electron chi connectivity index (χ0n) is 7.75. The summed E-state index contributed by atoms with van der Waals surface area (Å²) in [6.07, 6.45) is 2.89. The van der Waals surface area contributed by atoms with E-state index in [9.17, 15) is 9.59 Å². The molecule has 4 heteroatoms. The molecule has 4 nitrogen and oxygen atoms in total. The Hall–Kier alpha value is -1.32. The predicted molar refractivity (Wildman–Crippen MR) is 49.0 cm³/mol. The highest BCUT2D eigenvalue weighted by Gasteiger charge is 2.31. The molecule has 0 aromatic carbocycles. The molecule has 1 rings (SSSR count). The summed E-state index contributed by atoms with van der Waals surface area (Å²) in [5.41, 5.74) is 0. The molecule has 1 aliphatic rings. The van der Waals surface area contributed by atoms with E-state index >= 15 is 0 Å². The minimum atomic E-state index is -0.296. The van der Waals surface area contributed by atoms with Crippen LogP contribution in [0.5, 0.6) is 0 Å². The molecular formula is C9H14N2O2. The lowest BCUT2D eigenvalue weighted by atomic mass is 10.2. The fraction of sp³-hybridized carbons (Fsp3) is 0.556. The molecule has 0 bridgehead atoms. The third-order valence-corrected chi connectivity index (χ3v) is 2.26. The summed E-state index contributed by atoms with van der Waals surface area (Å²) in [5.74, 6) is -0.251. The van der Waals surface area contributed by atoms with Crippen LogP contribution in [0, 0.1) is 0 Å². The fourth-order valence-corrected chi connectivity index (χ4v) is 1.59. The molecule has 1 N–H and O–H groups in total. The lowest BCUT2D eigenvalue weighted by Crippen LogP contribution is -2.44. The highest BCUT2D eigenvalue weighted by molar-refractivity contribution is 5.92. The van der Waals surface area contributed by atoms with Crippen LogP contribution in [0.2, 0.25) is 0 Å². The lowest BCUT2D eigenvalue weighted by molar-refractivity contribution is -0.134. The summed E-state index contributed by atoms with van der Waals surface area (Å²) >= 11 is 0. The topological polar surface area (TPSA) is 49.4 Å². The van der Waals surface area contributed by atoms with Gasteiger partial charge in [-0.05, 0) is 18.9 Å². The van der Waals surface area contributed by atoms with Gasteiger partial charge in [0.2, 0.25) is 11.8 Å². The zero-order valence-corrected chi connectivity index (χ0v) is 7.75. The van der Waals surface area contributed by atoms with Crippen LogP contribution in [0.25, 0.3) is 0 Å². The van der Waals surface area contributed by atoms with E-state index in [2.05, 4.69) is 11.9 Å². The van der Waals surface area contributed by atoms with E-state index in [-0.39, 0.29) is 17.9 Å². The minimum Gasteiger partial charge on any atom is -0.357 e. The Kier molecular flexibility index (Phi) is 3.06. The van der Waals surface area contributed by atoms with Crippen molar-refractivity contribution in [2.24, 2.45) is 0 Å². The largest absolute Gasteiger partial charge is 0.357 e. The van der Waals surface area contributed by atoms with Crippen LogP contribution < -0.4 is 5.32 Å². The van der Waals surface area contributed by atoms with Gasteiger partial charge in [0.1, 0.15) is 6.04 Å². The standard InChI is InChI=1S/C9H14N2O2/c1-3-8(12)11-6-4-5-7(11)9(13)10-2/h3,7H,1,4-6H2,2H3,(H,10,13)/t7-/m1/s1. The van der Waals surface area contributed by atoms with E-state index in [0.717, 1.165) is 12.8 Å². The first-order valence-corrected chi connectivity index (χ1v) is 4.35. The summed E-state index contributed by atoms with van der Waals surface area (Å²) in [4.78, 5) is 24.1. The number of hydrogen-bond donors (Lipinski definition) is 1. The molecule has 0 spiro atoms. The van der Waals surface area contributed by atoms with Gasteiger partial charge < -0.3 is 10.2 Å². The van der Waals surface area contributed by atoms with Gasteiger partial charge in [0.05, 0.1) is 0 Å². The van der Waals surface area contributed by atoms with E-state index in [1.807, 2.05) is 0 Å². The van der Waals surface area contributed by atoms with Gasteiger partial charge in [0.25, 0.3) is 0 Å². The van der Waals surface area contributed by atoms with Crippen molar-refractivity contribution < 1.29 is 9.59 Å². The van der Waals surface area contributed by atoms with Crippen LogP contribution in [-0.2, 0) is 9.59 Å². The van der Waals surface area contributed by atoms with Crippen molar-refractivity contribution in [3.8, 4) is 0 Å². The number of carbonyl (C=O) groups excluding carboxylic acids is 2. The van der Waals surface area contributed by atoms with Gasteiger partial charge in [-0.2, -0.15) is 0 Å². The molecular weight excluding hydrogens is 168 g/mol. The minimum absolute atomic E-state index is 0.0901. The van der Waals surface area contributed by atoms with Crippen LogP contribution in [0.4, 0.5) is 0 Å². The monoisotopic (exact) mass is 182 g/mol. The quantitative estimate of drug-likeness (QED) is 0.607. The Bertz CT molecular complexity index is 238. The molecule has 0 aromatic rings. The summed E-state index contributed by atoms with van der Waals surface area (Å²) < 4.78 is 0. The average molecular weight is 182 g/mol. The number of nitrogens with one attached hydrogen (secondary N) is 1. The fourth-order valence-electron chi connectivity index (χ4n) is 1.59. The predicted octanol–water partition coefficient (Wildman–Crippen LogP) is -0.0906. The smallest absolute Gasteiger partial charge is 0.246 e. The SMILES string of the molecule is C=CC(=O)N1CCC[C@@H]1C(=O)NC. The second kappa shape index (κ2) is 4.07. The number of amides is 2. The van der Waals surface area contributed by atoms with Crippen molar-refractivity contribution >= 4 is 11.8 Å². The summed E-state index contributed by atoms with van der Waals surface area (Å²) in [6.45, 7) is 4.06. The van der Waals surface area contributed by atoms with E-state index in [1.54, 1.807) is 11.9 Å². The number of hydrogen-bond acceptors (Lipinski definition) is 2. The molecule has 2 amide bonds. The van der Waals surface area contributed by atoms with Crippen LogP contribution in [0.3, 0.4) is 0 Å². The molecule has 13 heavy (non-hydrogen) atoms. The first-order valence-electron chi connectivity index (χ1n) is 4.35. The second-order valence-electron chi connectivity index (χ2n) is 3.01. The van der Waals surface area contributed by atoms with E-state index in [1.165, 1.54) is 6.08 Å². The maximum atomic E-state index is 11.3. The van der Waals surface area contributed by atoms with E-state index in [0.29, 0.717) is 6.54 Å². The number of carbonyl (C=O) groups is 2. The van der Waals surface area contributed by atoms with Crippen LogP contribution in [0.15, 0.2) is 12.7 Å². The lowest BCUT2D eigenvalue weighted by Gasteiger charge is -2.21. The molecule has 1 heterocycles. The molecule has 0 unspecified atom stereocenters. The Balaban J connectivity index is 2.68. The van der Waals surface area contributed by atoms with Crippen LogP contribution in [-0.4, -0.2) is 36.3 Å². The molecule has 1 fully saturated rings. The van der Waals surface area contributed by atoms with E-state index in [4.69, 9.17) is 0 Å². The van der Waals surface area contributed by atoms with Gasteiger partial charge in [-0.25, -0.2) is 0 Å². The Morgan fingerprint density at radius 3 is 2.85 bits per heavy atom. The van der Waals surface area contributed by atoms with Crippen molar-refractivity contribution in [2.75, 3.05) is 13.6 Å². The number of likely N-dealkylation sites (N-methyl/N-ethyl adjacent to an activating group) is 1. The highest BCUT2D eigenvalue weighted by atomic mass is 16.2.